The van der Waals surface area contributed by atoms with E-state index in [1.165, 1.54) is 64.2 Å². The number of carbonyl (C=O) groups excluding carboxylic acids is 1. The van der Waals surface area contributed by atoms with Gasteiger partial charge >= 0.3 is 5.97 Å². The van der Waals surface area contributed by atoms with Gasteiger partial charge in [-0.05, 0) is 109 Å². The van der Waals surface area contributed by atoms with Crippen LogP contribution in [-0.2, 0) is 16.0 Å². The van der Waals surface area contributed by atoms with E-state index in [1.807, 2.05) is 30.3 Å². The number of hydrogen-bond donors (Lipinski definition) is 0. The van der Waals surface area contributed by atoms with Crippen LogP contribution < -0.4 is 0 Å². The van der Waals surface area contributed by atoms with Gasteiger partial charge < -0.3 is 4.74 Å². The molecule has 1 aromatic carbocycles. The normalized spacial score (nSPS) is 36.7. The lowest BCUT2D eigenvalue weighted by Gasteiger charge is -2.58. The zero-order valence-electron chi connectivity index (χ0n) is 26.6. The molecule has 9 unspecified atom stereocenters. The first-order valence-electron chi connectivity index (χ1n) is 17.1. The van der Waals surface area contributed by atoms with Gasteiger partial charge in [-0.1, -0.05) is 103 Å². The monoisotopic (exact) mass is 546 g/mol. The molecule has 0 aliphatic heterocycles. The molecule has 5 rings (SSSR count). The van der Waals surface area contributed by atoms with E-state index < -0.39 is 0 Å². The van der Waals surface area contributed by atoms with Gasteiger partial charge in [-0.15, -0.1) is 0 Å². The standard InChI is InChI=1S/C38H58O2/c1-7-11-29(26(2)3)15-14-27(4)33-18-19-34-32-17-16-30-25-31(40-36(39)24-28-12-9-8-10-13-28)20-22-37(30,5)35(32)21-23-38(33,34)6/h8-10,12-13,16,26-27,29,31-35H,7,11,14-15,17-25H2,1-6H3. The van der Waals surface area contributed by atoms with Crippen LogP contribution in [0.2, 0.25) is 0 Å². The Kier molecular flexibility index (Phi) is 9.23. The molecule has 0 bridgehead atoms. The van der Waals surface area contributed by atoms with Crippen LogP contribution >= 0.6 is 0 Å². The summed E-state index contributed by atoms with van der Waals surface area (Å²) in [5.41, 5.74) is 3.49. The van der Waals surface area contributed by atoms with Gasteiger partial charge in [0, 0.05) is 6.42 Å². The SMILES string of the molecule is CCCC(CCC(C)C1CCC2C3CC=C4CC(OC(=O)Cc5ccccc5)CCC4(C)C3CCC12C)C(C)C. The molecule has 0 saturated heterocycles. The van der Waals surface area contributed by atoms with Crippen molar-refractivity contribution in [2.24, 2.45) is 52.3 Å². The summed E-state index contributed by atoms with van der Waals surface area (Å²) in [6, 6.07) is 10.0. The van der Waals surface area contributed by atoms with Crippen LogP contribution in [0.1, 0.15) is 124 Å². The minimum atomic E-state index is -0.0666. The van der Waals surface area contributed by atoms with E-state index in [1.54, 1.807) is 5.57 Å². The molecule has 222 valence electrons. The van der Waals surface area contributed by atoms with Gasteiger partial charge in [-0.25, -0.2) is 0 Å². The van der Waals surface area contributed by atoms with Crippen LogP contribution in [0.3, 0.4) is 0 Å². The lowest BCUT2D eigenvalue weighted by atomic mass is 9.47. The second-order valence-corrected chi connectivity index (χ2v) is 15.4. The number of hydrogen-bond acceptors (Lipinski definition) is 2. The first-order chi connectivity index (χ1) is 19.2. The van der Waals surface area contributed by atoms with Gasteiger partial charge in [0.2, 0.25) is 0 Å². The number of allylic oxidation sites excluding steroid dienone is 1. The Morgan fingerprint density at radius 1 is 0.950 bits per heavy atom. The van der Waals surface area contributed by atoms with Crippen molar-refractivity contribution in [2.45, 2.75) is 131 Å². The summed E-state index contributed by atoms with van der Waals surface area (Å²) in [4.78, 5) is 12.7. The molecule has 0 amide bonds. The predicted octanol–water partition coefficient (Wildman–Crippen LogP) is 10.2. The molecule has 40 heavy (non-hydrogen) atoms. The minimum Gasteiger partial charge on any atom is -0.462 e. The molecular formula is C38H58O2. The van der Waals surface area contributed by atoms with Gasteiger partial charge in [0.1, 0.15) is 6.10 Å². The molecule has 9 atom stereocenters. The van der Waals surface area contributed by atoms with Crippen molar-refractivity contribution in [3.63, 3.8) is 0 Å². The Hall–Kier alpha value is -1.57. The number of carbonyl (C=O) groups is 1. The summed E-state index contributed by atoms with van der Waals surface area (Å²) in [5.74, 6) is 5.99. The fourth-order valence-corrected chi connectivity index (χ4v) is 10.6. The molecule has 3 saturated carbocycles. The van der Waals surface area contributed by atoms with Gasteiger partial charge in [0.15, 0.2) is 0 Å². The largest absolute Gasteiger partial charge is 0.462 e. The highest BCUT2D eigenvalue weighted by Crippen LogP contribution is 2.67. The topological polar surface area (TPSA) is 26.3 Å². The lowest BCUT2D eigenvalue weighted by molar-refractivity contribution is -0.150. The molecule has 1 aromatic rings. The maximum atomic E-state index is 12.7. The van der Waals surface area contributed by atoms with Crippen molar-refractivity contribution in [3.8, 4) is 0 Å². The van der Waals surface area contributed by atoms with E-state index in [2.05, 4.69) is 47.6 Å². The predicted molar refractivity (Wildman–Crippen MR) is 167 cm³/mol. The number of esters is 1. The third kappa shape index (κ3) is 5.85. The first kappa shape index (κ1) is 29.9. The molecule has 0 N–H and O–H groups in total. The van der Waals surface area contributed by atoms with Crippen molar-refractivity contribution < 1.29 is 9.53 Å². The fourth-order valence-electron chi connectivity index (χ4n) is 10.6. The van der Waals surface area contributed by atoms with Crippen molar-refractivity contribution in [3.05, 3.63) is 47.5 Å². The summed E-state index contributed by atoms with van der Waals surface area (Å²) in [5, 5.41) is 0. The van der Waals surface area contributed by atoms with E-state index >= 15 is 0 Å². The Morgan fingerprint density at radius 3 is 2.45 bits per heavy atom. The van der Waals surface area contributed by atoms with Crippen molar-refractivity contribution >= 4 is 5.97 Å². The second-order valence-electron chi connectivity index (χ2n) is 15.4. The molecule has 2 heteroatoms. The molecular weight excluding hydrogens is 488 g/mol. The van der Waals surface area contributed by atoms with Gasteiger partial charge in [-0.2, -0.15) is 0 Å². The smallest absolute Gasteiger partial charge is 0.310 e. The maximum absolute atomic E-state index is 12.7. The Bertz CT molecular complexity index is 1030. The van der Waals surface area contributed by atoms with E-state index in [4.69, 9.17) is 4.74 Å². The second kappa shape index (κ2) is 12.3. The van der Waals surface area contributed by atoms with Crippen molar-refractivity contribution in [2.75, 3.05) is 0 Å². The molecule has 0 radical (unpaired) electrons. The maximum Gasteiger partial charge on any atom is 0.310 e. The van der Waals surface area contributed by atoms with Crippen LogP contribution in [0.5, 0.6) is 0 Å². The van der Waals surface area contributed by atoms with Crippen LogP contribution in [0.25, 0.3) is 0 Å². The zero-order valence-corrected chi connectivity index (χ0v) is 26.6. The van der Waals surface area contributed by atoms with Crippen LogP contribution in [0, 0.1) is 52.3 Å². The molecule has 4 aliphatic rings. The molecule has 4 aliphatic carbocycles. The molecule has 2 nitrogen and oxygen atoms in total. The van der Waals surface area contributed by atoms with E-state index in [-0.39, 0.29) is 12.1 Å². The molecule has 0 aromatic heterocycles. The fraction of sp³-hybridized carbons (Fsp3) is 0.763. The lowest BCUT2D eigenvalue weighted by Crippen LogP contribution is -2.51. The average molecular weight is 547 g/mol. The van der Waals surface area contributed by atoms with E-state index in [0.717, 1.165) is 59.8 Å². The summed E-state index contributed by atoms with van der Waals surface area (Å²) in [6.07, 6.45) is 18.8. The zero-order chi connectivity index (χ0) is 28.5. The highest BCUT2D eigenvalue weighted by Gasteiger charge is 2.59. The molecule has 0 heterocycles. The third-order valence-electron chi connectivity index (χ3n) is 12.9. The van der Waals surface area contributed by atoms with Crippen LogP contribution in [0.15, 0.2) is 42.0 Å². The number of fused-ring (bicyclic) bond motifs is 5. The molecule has 3 fully saturated rings. The number of rotatable bonds is 10. The van der Waals surface area contributed by atoms with Gasteiger partial charge in [0.25, 0.3) is 0 Å². The van der Waals surface area contributed by atoms with Crippen LogP contribution in [0.4, 0.5) is 0 Å². The average Bonchev–Trinajstić information content (AvgIpc) is 3.28. The number of ether oxygens (including phenoxy) is 1. The summed E-state index contributed by atoms with van der Waals surface area (Å²) in [7, 11) is 0. The summed E-state index contributed by atoms with van der Waals surface area (Å²) >= 11 is 0. The Labute approximate surface area is 246 Å². The summed E-state index contributed by atoms with van der Waals surface area (Å²) < 4.78 is 6.04. The Balaban J connectivity index is 1.21. The highest BCUT2D eigenvalue weighted by molar-refractivity contribution is 5.72. The summed E-state index contributed by atoms with van der Waals surface area (Å²) in [6.45, 7) is 15.1. The third-order valence-corrected chi connectivity index (χ3v) is 12.9. The number of benzene rings is 1. The minimum absolute atomic E-state index is 0.0556. The van der Waals surface area contributed by atoms with E-state index in [9.17, 15) is 4.79 Å². The van der Waals surface area contributed by atoms with Gasteiger partial charge in [-0.3, -0.25) is 4.79 Å². The van der Waals surface area contributed by atoms with Gasteiger partial charge in [0.05, 0.1) is 6.42 Å². The van der Waals surface area contributed by atoms with Crippen LogP contribution in [-0.4, -0.2) is 12.1 Å². The first-order valence-corrected chi connectivity index (χ1v) is 17.1. The quantitative estimate of drug-likeness (QED) is 0.215. The van der Waals surface area contributed by atoms with Crippen molar-refractivity contribution in [1.82, 2.24) is 0 Å². The Morgan fingerprint density at radius 2 is 1.73 bits per heavy atom. The van der Waals surface area contributed by atoms with E-state index in [0.29, 0.717) is 17.3 Å². The molecule has 0 spiro atoms. The van der Waals surface area contributed by atoms with Crippen molar-refractivity contribution in [1.29, 1.82) is 0 Å². The highest BCUT2D eigenvalue weighted by atomic mass is 16.5.